The van der Waals surface area contributed by atoms with Crippen LogP contribution in [0.15, 0.2) is 4.21 Å². The molecule has 2 rings (SSSR count). The number of thiazole rings is 1. The molecule has 1 saturated heterocycles. The summed E-state index contributed by atoms with van der Waals surface area (Å²) in [6.45, 7) is 5.34. The summed E-state index contributed by atoms with van der Waals surface area (Å²) in [5.41, 5.74) is 5.99. The molecule has 1 aliphatic rings. The van der Waals surface area contributed by atoms with E-state index in [-0.39, 0.29) is 9.34 Å². The average molecular weight is 304 g/mol. The monoisotopic (exact) mass is 304 g/mol. The van der Waals surface area contributed by atoms with E-state index in [4.69, 9.17) is 5.73 Å². The van der Waals surface area contributed by atoms with Gasteiger partial charge in [-0.3, -0.25) is 0 Å². The van der Waals surface area contributed by atoms with Gasteiger partial charge in [-0.1, -0.05) is 11.3 Å². The highest BCUT2D eigenvalue weighted by atomic mass is 32.2. The third-order valence-electron chi connectivity index (χ3n) is 3.16. The normalized spacial score (nSPS) is 17.1. The molecule has 0 radical (unpaired) electrons. The summed E-state index contributed by atoms with van der Waals surface area (Å²) in [5, 5.41) is 0.287. The van der Waals surface area contributed by atoms with Gasteiger partial charge < -0.3 is 10.6 Å². The van der Waals surface area contributed by atoms with Gasteiger partial charge in [0, 0.05) is 6.54 Å². The first-order chi connectivity index (χ1) is 8.99. The van der Waals surface area contributed by atoms with Crippen LogP contribution in [0.2, 0.25) is 0 Å². The first-order valence-corrected chi connectivity index (χ1v) is 8.74. The molecule has 19 heavy (non-hydrogen) atoms. The number of hydrogen-bond acceptors (Lipinski definition) is 6. The molecule has 0 amide bonds. The summed E-state index contributed by atoms with van der Waals surface area (Å²) in [7, 11) is -3.46. The number of aromatic nitrogens is 1. The van der Waals surface area contributed by atoms with Crippen LogP contribution in [-0.4, -0.2) is 44.5 Å². The number of nitrogen functional groups attached to an aromatic ring is 1. The number of hydrogen-bond donors (Lipinski definition) is 2. The van der Waals surface area contributed by atoms with Gasteiger partial charge in [0.2, 0.25) is 0 Å². The molecule has 1 aromatic heterocycles. The van der Waals surface area contributed by atoms with E-state index in [1.807, 2.05) is 0 Å². The van der Waals surface area contributed by atoms with Gasteiger partial charge in [0.05, 0.1) is 5.69 Å². The molecule has 6 nitrogen and oxygen atoms in total. The maximum absolute atomic E-state index is 12.1. The predicted molar refractivity (Wildman–Crippen MR) is 76.7 cm³/mol. The summed E-state index contributed by atoms with van der Waals surface area (Å²) in [5.74, 6) is 0. The van der Waals surface area contributed by atoms with E-state index in [0.29, 0.717) is 12.2 Å². The van der Waals surface area contributed by atoms with Crippen molar-refractivity contribution in [2.24, 2.45) is 0 Å². The van der Waals surface area contributed by atoms with Crippen LogP contribution in [0.1, 0.15) is 25.0 Å². The standard InChI is InChI=1S/C11H20N4O2S2/c1-9-10(18-11(12)14-9)19(16,17)13-5-4-8-15-6-2-3-7-15/h13H,2-8H2,1H3,(H2,12,14). The second-order valence-electron chi connectivity index (χ2n) is 4.73. The first-order valence-electron chi connectivity index (χ1n) is 6.44. The lowest BCUT2D eigenvalue weighted by Crippen LogP contribution is -2.28. The third kappa shape index (κ3) is 3.88. The molecule has 8 heteroatoms. The second-order valence-corrected chi connectivity index (χ2v) is 7.72. The van der Waals surface area contributed by atoms with Crippen LogP contribution in [0.4, 0.5) is 5.13 Å². The van der Waals surface area contributed by atoms with E-state index in [2.05, 4.69) is 14.6 Å². The number of sulfonamides is 1. The van der Waals surface area contributed by atoms with Crippen molar-refractivity contribution in [3.8, 4) is 0 Å². The lowest BCUT2D eigenvalue weighted by atomic mass is 10.4. The minimum absolute atomic E-state index is 0.228. The van der Waals surface area contributed by atoms with Crippen LogP contribution in [0, 0.1) is 6.92 Å². The van der Waals surface area contributed by atoms with E-state index >= 15 is 0 Å². The van der Waals surface area contributed by atoms with Crippen molar-refractivity contribution in [1.82, 2.24) is 14.6 Å². The van der Waals surface area contributed by atoms with Crippen LogP contribution in [0.3, 0.4) is 0 Å². The fraction of sp³-hybridized carbons (Fsp3) is 0.727. The SMILES string of the molecule is Cc1nc(N)sc1S(=O)(=O)NCCCN1CCCC1. The van der Waals surface area contributed by atoms with Crippen LogP contribution in [0.25, 0.3) is 0 Å². The zero-order valence-electron chi connectivity index (χ0n) is 11.1. The highest BCUT2D eigenvalue weighted by Gasteiger charge is 2.20. The van der Waals surface area contributed by atoms with Crippen LogP contribution in [0.5, 0.6) is 0 Å². The van der Waals surface area contributed by atoms with Gasteiger partial charge in [-0.25, -0.2) is 18.1 Å². The summed E-state index contributed by atoms with van der Waals surface area (Å²) >= 11 is 1.01. The molecule has 0 aliphatic carbocycles. The van der Waals surface area contributed by atoms with Gasteiger partial charge in [-0.15, -0.1) is 0 Å². The Morgan fingerprint density at radius 1 is 1.42 bits per heavy atom. The Kier molecular flexibility index (Phi) is 4.77. The topological polar surface area (TPSA) is 88.3 Å². The summed E-state index contributed by atoms with van der Waals surface area (Å²) < 4.78 is 26.9. The quantitative estimate of drug-likeness (QED) is 0.759. The molecule has 1 fully saturated rings. The van der Waals surface area contributed by atoms with Crippen LogP contribution >= 0.6 is 11.3 Å². The molecule has 0 aromatic carbocycles. The van der Waals surface area contributed by atoms with Crippen molar-refractivity contribution in [2.45, 2.75) is 30.4 Å². The Morgan fingerprint density at radius 2 is 2.11 bits per heavy atom. The largest absolute Gasteiger partial charge is 0.375 e. The maximum Gasteiger partial charge on any atom is 0.252 e. The van der Waals surface area contributed by atoms with E-state index in [9.17, 15) is 8.42 Å². The summed E-state index contributed by atoms with van der Waals surface area (Å²) in [4.78, 5) is 6.30. The Hall–Kier alpha value is -0.700. The highest BCUT2D eigenvalue weighted by Crippen LogP contribution is 2.24. The zero-order valence-corrected chi connectivity index (χ0v) is 12.7. The molecule has 1 aromatic rings. The van der Waals surface area contributed by atoms with Crippen molar-refractivity contribution >= 4 is 26.5 Å². The van der Waals surface area contributed by atoms with E-state index in [0.717, 1.165) is 37.4 Å². The van der Waals surface area contributed by atoms with Gasteiger partial charge in [0.25, 0.3) is 10.0 Å². The molecule has 1 aliphatic heterocycles. The Bertz CT molecular complexity index is 521. The van der Waals surface area contributed by atoms with Crippen molar-refractivity contribution < 1.29 is 8.42 Å². The Balaban J connectivity index is 1.82. The molecule has 0 spiro atoms. The number of likely N-dealkylation sites (tertiary alicyclic amines) is 1. The highest BCUT2D eigenvalue weighted by molar-refractivity contribution is 7.91. The minimum atomic E-state index is -3.46. The van der Waals surface area contributed by atoms with Gasteiger partial charge in [0.1, 0.15) is 0 Å². The van der Waals surface area contributed by atoms with Gasteiger partial charge >= 0.3 is 0 Å². The molecule has 3 N–H and O–H groups in total. The second kappa shape index (κ2) is 6.17. The Morgan fingerprint density at radius 3 is 2.68 bits per heavy atom. The lowest BCUT2D eigenvalue weighted by molar-refractivity contribution is 0.334. The van der Waals surface area contributed by atoms with Gasteiger partial charge in [-0.05, 0) is 45.8 Å². The van der Waals surface area contributed by atoms with Crippen molar-refractivity contribution in [3.63, 3.8) is 0 Å². The lowest BCUT2D eigenvalue weighted by Gasteiger charge is -2.14. The molecule has 2 heterocycles. The zero-order chi connectivity index (χ0) is 13.9. The van der Waals surface area contributed by atoms with E-state index in [1.54, 1.807) is 6.92 Å². The molecular weight excluding hydrogens is 284 g/mol. The summed E-state index contributed by atoms with van der Waals surface area (Å²) in [6, 6.07) is 0. The molecule has 108 valence electrons. The number of anilines is 1. The average Bonchev–Trinajstić information content (AvgIpc) is 2.94. The van der Waals surface area contributed by atoms with Crippen LogP contribution in [-0.2, 0) is 10.0 Å². The fourth-order valence-electron chi connectivity index (χ4n) is 2.23. The maximum atomic E-state index is 12.1. The molecule has 0 unspecified atom stereocenters. The number of nitrogens with one attached hydrogen (secondary N) is 1. The predicted octanol–water partition coefficient (Wildman–Crippen LogP) is 0.798. The molecule has 0 atom stereocenters. The number of aryl methyl sites for hydroxylation is 1. The number of nitrogens with zero attached hydrogens (tertiary/aromatic N) is 2. The number of rotatable bonds is 6. The molecule has 0 bridgehead atoms. The van der Waals surface area contributed by atoms with Crippen molar-refractivity contribution in [2.75, 3.05) is 31.9 Å². The van der Waals surface area contributed by atoms with Crippen molar-refractivity contribution in [1.29, 1.82) is 0 Å². The van der Waals surface area contributed by atoms with Gasteiger partial charge in [0.15, 0.2) is 9.34 Å². The summed E-state index contributed by atoms with van der Waals surface area (Å²) in [6.07, 6.45) is 3.34. The minimum Gasteiger partial charge on any atom is -0.375 e. The third-order valence-corrected chi connectivity index (χ3v) is 6.21. The fourth-order valence-corrected chi connectivity index (χ4v) is 4.65. The van der Waals surface area contributed by atoms with E-state index < -0.39 is 10.0 Å². The Labute approximate surface area is 118 Å². The molecular formula is C11H20N4O2S2. The molecule has 0 saturated carbocycles. The first kappa shape index (κ1) is 14.7. The van der Waals surface area contributed by atoms with E-state index in [1.165, 1.54) is 12.8 Å². The number of nitrogens with two attached hydrogens (primary N) is 1. The van der Waals surface area contributed by atoms with Gasteiger partial charge in [-0.2, -0.15) is 0 Å². The van der Waals surface area contributed by atoms with Crippen LogP contribution < -0.4 is 10.5 Å². The smallest absolute Gasteiger partial charge is 0.252 e. The van der Waals surface area contributed by atoms with Crippen molar-refractivity contribution in [3.05, 3.63) is 5.69 Å².